The molecule has 0 bridgehead atoms. The van der Waals surface area contributed by atoms with Crippen molar-refractivity contribution in [1.29, 1.82) is 0 Å². The fourth-order valence-electron chi connectivity index (χ4n) is 4.90. The van der Waals surface area contributed by atoms with Gasteiger partial charge in [-0.1, -0.05) is 36.4 Å². The Bertz CT molecular complexity index is 1180. The lowest BCUT2D eigenvalue weighted by Gasteiger charge is -2.38. The second kappa shape index (κ2) is 8.15. The molecule has 32 heavy (non-hydrogen) atoms. The molecule has 5 nitrogen and oxygen atoms in total. The van der Waals surface area contributed by atoms with Crippen molar-refractivity contribution in [3.8, 4) is 5.75 Å². The normalized spacial score (nSPS) is 20.9. The molecule has 0 fully saturated rings. The van der Waals surface area contributed by atoms with Crippen LogP contribution in [0.2, 0.25) is 0 Å². The molecule has 0 saturated carbocycles. The summed E-state index contributed by atoms with van der Waals surface area (Å²) in [5.41, 5.74) is 7.57. The molecular formula is C27H26N2O3. The smallest absolute Gasteiger partial charge is 0.269 e. The minimum absolute atomic E-state index is 0.0878. The van der Waals surface area contributed by atoms with Gasteiger partial charge < -0.3 is 10.1 Å². The maximum absolute atomic E-state index is 10.8. The number of hydrogen-bond acceptors (Lipinski definition) is 4. The molecule has 1 N–H and O–H groups in total. The lowest BCUT2D eigenvalue weighted by atomic mass is 9.76. The van der Waals surface area contributed by atoms with Gasteiger partial charge in [-0.2, -0.15) is 0 Å². The molecule has 3 unspecified atom stereocenters. The number of nitro groups is 1. The number of rotatable bonds is 5. The Morgan fingerprint density at radius 2 is 1.78 bits per heavy atom. The van der Waals surface area contributed by atoms with E-state index in [-0.39, 0.29) is 11.7 Å². The number of allylic oxidation sites excluding steroid dienone is 2. The molecule has 0 amide bonds. The van der Waals surface area contributed by atoms with Crippen molar-refractivity contribution in [3.63, 3.8) is 0 Å². The quantitative estimate of drug-likeness (QED) is 0.283. The Kier molecular flexibility index (Phi) is 5.17. The average molecular weight is 427 g/mol. The lowest BCUT2D eigenvalue weighted by molar-refractivity contribution is -0.384. The van der Waals surface area contributed by atoms with Gasteiger partial charge in [0.25, 0.3) is 5.69 Å². The van der Waals surface area contributed by atoms with E-state index in [9.17, 15) is 10.1 Å². The fourth-order valence-corrected chi connectivity index (χ4v) is 4.90. The van der Waals surface area contributed by atoms with Gasteiger partial charge in [-0.05, 0) is 78.3 Å². The van der Waals surface area contributed by atoms with Crippen LogP contribution in [0.5, 0.6) is 5.75 Å². The molecule has 162 valence electrons. The third-order valence-electron chi connectivity index (χ3n) is 6.86. The van der Waals surface area contributed by atoms with E-state index in [0.29, 0.717) is 18.4 Å². The first-order valence-electron chi connectivity index (χ1n) is 11.0. The number of hydrogen-bond donors (Lipinski definition) is 1. The first-order valence-corrected chi connectivity index (χ1v) is 11.0. The summed E-state index contributed by atoms with van der Waals surface area (Å²) in [5, 5.41) is 14.6. The SMILES string of the molecule is Cc1ccc2c(c1C)NC(c1ccc(OCc3ccc([N+](=O)[O-])cc3)cc1)C1CC=CC21. The molecule has 0 spiro atoms. The van der Waals surface area contributed by atoms with Gasteiger partial charge in [-0.15, -0.1) is 0 Å². The average Bonchev–Trinajstić information content (AvgIpc) is 3.30. The summed E-state index contributed by atoms with van der Waals surface area (Å²) in [6, 6.07) is 19.6. The van der Waals surface area contributed by atoms with Crippen LogP contribution in [0.3, 0.4) is 0 Å². The van der Waals surface area contributed by atoms with E-state index >= 15 is 0 Å². The summed E-state index contributed by atoms with van der Waals surface area (Å²) < 4.78 is 5.91. The van der Waals surface area contributed by atoms with E-state index in [1.807, 2.05) is 12.1 Å². The highest BCUT2D eigenvalue weighted by molar-refractivity contribution is 5.65. The van der Waals surface area contributed by atoms with Crippen molar-refractivity contribution >= 4 is 11.4 Å². The Balaban J connectivity index is 1.32. The predicted octanol–water partition coefficient (Wildman–Crippen LogP) is 6.62. The molecule has 3 aromatic rings. The summed E-state index contributed by atoms with van der Waals surface area (Å²) in [7, 11) is 0. The van der Waals surface area contributed by atoms with Crippen LogP contribution >= 0.6 is 0 Å². The number of nitro benzene ring substituents is 1. The van der Waals surface area contributed by atoms with Crippen LogP contribution in [0.4, 0.5) is 11.4 Å². The van der Waals surface area contributed by atoms with Crippen LogP contribution in [0, 0.1) is 29.9 Å². The third-order valence-corrected chi connectivity index (χ3v) is 6.86. The second-order valence-electron chi connectivity index (χ2n) is 8.73. The fraction of sp³-hybridized carbons (Fsp3) is 0.259. The lowest BCUT2D eigenvalue weighted by Crippen LogP contribution is -2.29. The number of nitrogens with zero attached hydrogens (tertiary/aromatic N) is 1. The monoisotopic (exact) mass is 426 g/mol. The van der Waals surface area contributed by atoms with Crippen molar-refractivity contribution in [2.24, 2.45) is 5.92 Å². The number of benzene rings is 3. The number of nitrogens with one attached hydrogen (secondary N) is 1. The van der Waals surface area contributed by atoms with Crippen LogP contribution in [0.1, 0.15) is 46.2 Å². The number of aryl methyl sites for hydroxylation is 1. The molecule has 1 aliphatic heterocycles. The van der Waals surface area contributed by atoms with Gasteiger partial charge in [0, 0.05) is 23.7 Å². The van der Waals surface area contributed by atoms with Gasteiger partial charge in [-0.3, -0.25) is 10.1 Å². The predicted molar refractivity (Wildman–Crippen MR) is 126 cm³/mol. The Morgan fingerprint density at radius 3 is 2.50 bits per heavy atom. The molecule has 0 radical (unpaired) electrons. The zero-order valence-corrected chi connectivity index (χ0v) is 18.2. The minimum atomic E-state index is -0.395. The first kappa shape index (κ1) is 20.3. The van der Waals surface area contributed by atoms with Gasteiger partial charge in [-0.25, -0.2) is 0 Å². The van der Waals surface area contributed by atoms with Gasteiger partial charge >= 0.3 is 0 Å². The van der Waals surface area contributed by atoms with Crippen LogP contribution < -0.4 is 10.1 Å². The standard InChI is InChI=1S/C27H26N2O3/c1-17-6-15-25-23-4-3-5-24(23)27(28-26(25)18(17)2)20-9-13-22(14-10-20)32-16-19-7-11-21(12-8-19)29(30)31/h3-4,6-15,23-24,27-28H,5,16H2,1-2H3. The van der Waals surface area contributed by atoms with Gasteiger partial charge in [0.05, 0.1) is 11.0 Å². The molecular weight excluding hydrogens is 400 g/mol. The van der Waals surface area contributed by atoms with Crippen molar-refractivity contribution in [2.75, 3.05) is 5.32 Å². The van der Waals surface area contributed by atoms with Gasteiger partial charge in [0.15, 0.2) is 0 Å². The molecule has 5 rings (SSSR count). The minimum Gasteiger partial charge on any atom is -0.489 e. The Morgan fingerprint density at radius 1 is 1.03 bits per heavy atom. The van der Waals surface area contributed by atoms with Crippen molar-refractivity contribution in [1.82, 2.24) is 0 Å². The van der Waals surface area contributed by atoms with E-state index < -0.39 is 4.92 Å². The molecule has 0 saturated heterocycles. The molecule has 0 aromatic heterocycles. The summed E-state index contributed by atoms with van der Waals surface area (Å²) in [4.78, 5) is 10.4. The zero-order valence-electron chi connectivity index (χ0n) is 18.2. The largest absolute Gasteiger partial charge is 0.489 e. The molecule has 2 aliphatic rings. The summed E-state index contributed by atoms with van der Waals surface area (Å²) in [6.07, 6.45) is 5.76. The summed E-state index contributed by atoms with van der Waals surface area (Å²) in [5.74, 6) is 1.75. The highest BCUT2D eigenvalue weighted by Crippen LogP contribution is 2.51. The summed E-state index contributed by atoms with van der Waals surface area (Å²) >= 11 is 0. The zero-order chi connectivity index (χ0) is 22.2. The number of ether oxygens (including phenoxy) is 1. The molecule has 1 heterocycles. The third kappa shape index (κ3) is 3.64. The van der Waals surface area contributed by atoms with Crippen LogP contribution in [-0.2, 0) is 6.61 Å². The van der Waals surface area contributed by atoms with Crippen molar-refractivity contribution in [3.05, 3.63) is 111 Å². The van der Waals surface area contributed by atoms with E-state index in [2.05, 4.69) is 55.6 Å². The Hall–Kier alpha value is -3.60. The molecule has 5 heteroatoms. The van der Waals surface area contributed by atoms with Gasteiger partial charge in [0.1, 0.15) is 12.4 Å². The highest BCUT2D eigenvalue weighted by atomic mass is 16.6. The maximum Gasteiger partial charge on any atom is 0.269 e. The highest BCUT2D eigenvalue weighted by Gasteiger charge is 2.38. The van der Waals surface area contributed by atoms with E-state index in [1.165, 1.54) is 40.1 Å². The topological polar surface area (TPSA) is 64.4 Å². The Labute approximate surface area is 187 Å². The number of non-ortho nitro benzene ring substituents is 1. The molecule has 1 aliphatic carbocycles. The molecule has 3 atom stereocenters. The van der Waals surface area contributed by atoms with Gasteiger partial charge in [0.2, 0.25) is 0 Å². The van der Waals surface area contributed by atoms with E-state index in [1.54, 1.807) is 12.1 Å². The number of fused-ring (bicyclic) bond motifs is 3. The van der Waals surface area contributed by atoms with E-state index in [4.69, 9.17) is 4.74 Å². The van der Waals surface area contributed by atoms with Crippen LogP contribution in [0.15, 0.2) is 72.8 Å². The van der Waals surface area contributed by atoms with Crippen LogP contribution in [0.25, 0.3) is 0 Å². The maximum atomic E-state index is 10.8. The second-order valence-corrected chi connectivity index (χ2v) is 8.73. The van der Waals surface area contributed by atoms with E-state index in [0.717, 1.165) is 17.7 Å². The van der Waals surface area contributed by atoms with Crippen molar-refractivity contribution in [2.45, 2.75) is 38.8 Å². The number of anilines is 1. The van der Waals surface area contributed by atoms with Crippen LogP contribution in [-0.4, -0.2) is 4.92 Å². The summed E-state index contributed by atoms with van der Waals surface area (Å²) in [6.45, 7) is 4.74. The van der Waals surface area contributed by atoms with Crippen molar-refractivity contribution < 1.29 is 9.66 Å². The first-order chi connectivity index (χ1) is 15.5. The molecule has 3 aromatic carbocycles.